The van der Waals surface area contributed by atoms with E-state index in [0.717, 1.165) is 27.6 Å². The second-order valence-corrected chi connectivity index (χ2v) is 8.42. The first kappa shape index (κ1) is 22.6. The van der Waals surface area contributed by atoms with E-state index in [1.165, 1.54) is 0 Å². The Morgan fingerprint density at radius 3 is 2.24 bits per heavy atom. The number of carboxylic acid groups (broad SMARTS) is 1. The summed E-state index contributed by atoms with van der Waals surface area (Å²) in [6.45, 7) is 3.57. The van der Waals surface area contributed by atoms with Gasteiger partial charge < -0.3 is 14.3 Å². The molecule has 0 aliphatic heterocycles. The van der Waals surface area contributed by atoms with E-state index in [9.17, 15) is 14.7 Å². The van der Waals surface area contributed by atoms with E-state index in [1.807, 2.05) is 55.5 Å². The van der Waals surface area contributed by atoms with Crippen molar-refractivity contribution >= 4 is 28.5 Å². The number of aliphatic carboxylic acids is 1. The van der Waals surface area contributed by atoms with Crippen LogP contribution in [-0.2, 0) is 11.2 Å². The summed E-state index contributed by atoms with van der Waals surface area (Å²) in [5, 5.41) is 11.1. The smallest absolute Gasteiger partial charge is 0.344 e. The maximum absolute atomic E-state index is 12.0. The molecule has 6 heteroatoms. The van der Waals surface area contributed by atoms with Crippen LogP contribution in [0.3, 0.4) is 0 Å². The first-order valence-corrected chi connectivity index (χ1v) is 11.0. The van der Waals surface area contributed by atoms with Crippen LogP contribution in [0.2, 0.25) is 5.02 Å². The number of rotatable bonds is 7. The Balaban J connectivity index is 1.46. The van der Waals surface area contributed by atoms with Crippen LogP contribution in [0.1, 0.15) is 23.1 Å². The zero-order chi connectivity index (χ0) is 23.5. The topological polar surface area (TPSA) is 76.7 Å². The van der Waals surface area contributed by atoms with Crippen LogP contribution in [0, 0.1) is 13.8 Å². The van der Waals surface area contributed by atoms with Crippen LogP contribution in [0.4, 0.5) is 0 Å². The highest BCUT2D eigenvalue weighted by Crippen LogP contribution is 2.26. The van der Waals surface area contributed by atoms with Gasteiger partial charge in [0.25, 0.3) is 0 Å². The van der Waals surface area contributed by atoms with Gasteiger partial charge in [0, 0.05) is 22.0 Å². The molecule has 1 heterocycles. The Kier molecular flexibility index (Phi) is 6.52. The van der Waals surface area contributed by atoms with Crippen LogP contribution in [0.15, 0.2) is 75.9 Å². The van der Waals surface area contributed by atoms with Gasteiger partial charge in [-0.2, -0.15) is 0 Å². The van der Waals surface area contributed by atoms with Gasteiger partial charge in [0.1, 0.15) is 11.3 Å². The molecular weight excluding hydrogens is 440 g/mol. The summed E-state index contributed by atoms with van der Waals surface area (Å²) in [5.41, 5.74) is 4.50. The van der Waals surface area contributed by atoms with Crippen molar-refractivity contribution in [2.45, 2.75) is 32.8 Å². The maximum atomic E-state index is 12.0. The third kappa shape index (κ3) is 5.10. The van der Waals surface area contributed by atoms with E-state index < -0.39 is 17.7 Å². The maximum Gasteiger partial charge on any atom is 0.344 e. The number of aryl methyl sites for hydroxylation is 2. The fourth-order valence-corrected chi connectivity index (χ4v) is 3.83. The van der Waals surface area contributed by atoms with E-state index in [-0.39, 0.29) is 0 Å². The molecule has 168 valence electrons. The lowest BCUT2D eigenvalue weighted by atomic mass is 10.0. The highest BCUT2D eigenvalue weighted by molar-refractivity contribution is 6.30. The number of ether oxygens (including phenoxy) is 1. The summed E-state index contributed by atoms with van der Waals surface area (Å²) in [6.07, 6.45) is -0.194. The highest BCUT2D eigenvalue weighted by atomic mass is 35.5. The predicted molar refractivity (Wildman–Crippen MR) is 129 cm³/mol. The lowest BCUT2D eigenvalue weighted by Gasteiger charge is -2.16. The second kappa shape index (κ2) is 9.51. The Morgan fingerprint density at radius 1 is 0.970 bits per heavy atom. The summed E-state index contributed by atoms with van der Waals surface area (Å²) < 4.78 is 11.1. The Morgan fingerprint density at radius 2 is 1.61 bits per heavy atom. The van der Waals surface area contributed by atoms with Gasteiger partial charge >= 0.3 is 11.6 Å². The van der Waals surface area contributed by atoms with Gasteiger partial charge in [-0.05, 0) is 73.2 Å². The van der Waals surface area contributed by atoms with Crippen molar-refractivity contribution in [1.29, 1.82) is 0 Å². The zero-order valence-electron chi connectivity index (χ0n) is 18.3. The molecule has 0 aliphatic carbocycles. The van der Waals surface area contributed by atoms with Gasteiger partial charge in [0.15, 0.2) is 6.10 Å². The summed E-state index contributed by atoms with van der Waals surface area (Å²) in [6, 6.07) is 20.6. The lowest BCUT2D eigenvalue weighted by Crippen LogP contribution is -2.27. The van der Waals surface area contributed by atoms with E-state index in [2.05, 4.69) is 0 Å². The molecule has 33 heavy (non-hydrogen) atoms. The Bertz CT molecular complexity index is 1350. The molecule has 1 aromatic heterocycles. The molecular formula is C27H23ClO5. The fraction of sp³-hybridized carbons (Fsp3) is 0.185. The minimum absolute atomic E-state index is 0.296. The van der Waals surface area contributed by atoms with Gasteiger partial charge in [0.2, 0.25) is 0 Å². The Hall–Kier alpha value is -3.57. The summed E-state index contributed by atoms with van der Waals surface area (Å²) in [5.74, 6) is -0.700. The van der Waals surface area contributed by atoms with Gasteiger partial charge in [-0.15, -0.1) is 0 Å². The average molecular weight is 463 g/mol. The molecule has 4 rings (SSSR count). The molecule has 5 nitrogen and oxygen atoms in total. The molecule has 1 N–H and O–H groups in total. The number of carbonyl (C=O) groups is 1. The highest BCUT2D eigenvalue weighted by Gasteiger charge is 2.20. The zero-order valence-corrected chi connectivity index (χ0v) is 19.1. The van der Waals surface area contributed by atoms with Gasteiger partial charge in [0.05, 0.1) is 0 Å². The summed E-state index contributed by atoms with van der Waals surface area (Å²) >= 11 is 5.95. The minimum Gasteiger partial charge on any atom is -0.479 e. The van der Waals surface area contributed by atoms with Crippen molar-refractivity contribution in [3.8, 4) is 16.9 Å². The molecule has 1 atom stereocenters. The van der Waals surface area contributed by atoms with Crippen LogP contribution in [-0.4, -0.2) is 17.2 Å². The van der Waals surface area contributed by atoms with Crippen LogP contribution in [0.5, 0.6) is 5.75 Å². The van der Waals surface area contributed by atoms with Crippen molar-refractivity contribution in [1.82, 2.24) is 0 Å². The third-order valence-corrected chi connectivity index (χ3v) is 6.06. The van der Waals surface area contributed by atoms with E-state index in [4.69, 9.17) is 20.8 Å². The van der Waals surface area contributed by atoms with E-state index >= 15 is 0 Å². The number of carboxylic acids is 1. The summed E-state index contributed by atoms with van der Waals surface area (Å²) in [7, 11) is 0. The number of benzene rings is 3. The normalized spacial score (nSPS) is 12.0. The van der Waals surface area contributed by atoms with Crippen molar-refractivity contribution in [3.63, 3.8) is 0 Å². The van der Waals surface area contributed by atoms with Gasteiger partial charge in [-0.25, -0.2) is 9.59 Å². The standard InChI is InChI=1S/C27H23ClO5/c1-16-17(2)27(31)33-25-15-22(12-13-23(16)25)32-24(26(29)30)14-5-18-3-6-19(7-4-18)20-8-10-21(28)11-9-20/h3-4,6-13,15,24H,5,14H2,1-2H3,(H,29,30). The fourth-order valence-electron chi connectivity index (χ4n) is 3.70. The lowest BCUT2D eigenvalue weighted by molar-refractivity contribution is -0.145. The first-order chi connectivity index (χ1) is 15.8. The number of halogens is 1. The molecule has 0 saturated heterocycles. The molecule has 0 spiro atoms. The Labute approximate surface area is 196 Å². The van der Waals surface area contributed by atoms with Crippen molar-refractivity contribution in [2.75, 3.05) is 0 Å². The molecule has 4 aromatic rings. The minimum atomic E-state index is -1.05. The SMILES string of the molecule is Cc1c(C)c2ccc(OC(CCc3ccc(-c4ccc(Cl)cc4)cc3)C(=O)O)cc2oc1=O. The van der Waals surface area contributed by atoms with Gasteiger partial charge in [-0.1, -0.05) is 48.0 Å². The molecule has 1 unspecified atom stereocenters. The van der Waals surface area contributed by atoms with Crippen molar-refractivity contribution in [3.05, 3.63) is 98.9 Å². The van der Waals surface area contributed by atoms with Crippen molar-refractivity contribution < 1.29 is 19.1 Å². The third-order valence-electron chi connectivity index (χ3n) is 5.81. The number of hydrogen-bond acceptors (Lipinski definition) is 4. The van der Waals surface area contributed by atoms with Crippen LogP contribution in [0.25, 0.3) is 22.1 Å². The monoisotopic (exact) mass is 462 g/mol. The molecule has 0 aliphatic rings. The molecule has 0 fully saturated rings. The van der Waals surface area contributed by atoms with E-state index in [0.29, 0.717) is 34.8 Å². The number of fused-ring (bicyclic) bond motifs is 1. The van der Waals surface area contributed by atoms with Gasteiger partial charge in [-0.3, -0.25) is 0 Å². The first-order valence-electron chi connectivity index (χ1n) is 10.6. The number of hydrogen-bond donors (Lipinski definition) is 1. The average Bonchev–Trinajstić information content (AvgIpc) is 2.81. The van der Waals surface area contributed by atoms with Crippen LogP contribution < -0.4 is 10.4 Å². The molecule has 0 bridgehead atoms. The summed E-state index contributed by atoms with van der Waals surface area (Å²) in [4.78, 5) is 23.8. The van der Waals surface area contributed by atoms with E-state index in [1.54, 1.807) is 25.1 Å². The molecule has 0 radical (unpaired) electrons. The molecule has 0 amide bonds. The molecule has 0 saturated carbocycles. The van der Waals surface area contributed by atoms with Crippen LogP contribution >= 0.6 is 11.6 Å². The van der Waals surface area contributed by atoms with Crippen molar-refractivity contribution in [2.24, 2.45) is 0 Å². The predicted octanol–water partition coefficient (Wildman–Crippen LogP) is 6.20. The quantitative estimate of drug-likeness (QED) is 0.331. The molecule has 3 aromatic carbocycles. The second-order valence-electron chi connectivity index (χ2n) is 7.98. The largest absolute Gasteiger partial charge is 0.479 e.